The second-order valence-corrected chi connectivity index (χ2v) is 6.08. The van der Waals surface area contributed by atoms with Gasteiger partial charge in [-0.2, -0.15) is 0 Å². The Morgan fingerprint density at radius 2 is 1.85 bits per heavy atom. The van der Waals surface area contributed by atoms with E-state index in [1.165, 1.54) is 18.6 Å². The lowest BCUT2D eigenvalue weighted by Gasteiger charge is -2.08. The number of aromatic nitrogens is 2. The first-order valence-electron chi connectivity index (χ1n) is 7.41. The van der Waals surface area contributed by atoms with Crippen molar-refractivity contribution in [3.05, 3.63) is 76.0 Å². The van der Waals surface area contributed by atoms with Crippen molar-refractivity contribution in [2.75, 3.05) is 5.32 Å². The molecule has 0 radical (unpaired) electrons. The molecule has 6 nitrogen and oxygen atoms in total. The highest BCUT2D eigenvalue weighted by Gasteiger charge is 2.16. The number of amides is 2. The van der Waals surface area contributed by atoms with Crippen LogP contribution in [0, 0.1) is 11.6 Å². The van der Waals surface area contributed by atoms with Gasteiger partial charge >= 0.3 is 0 Å². The minimum Gasteiger partial charge on any atom is -0.347 e. The van der Waals surface area contributed by atoms with Crippen molar-refractivity contribution in [3.8, 4) is 0 Å². The lowest BCUT2D eigenvalue weighted by Crippen LogP contribution is -2.24. The molecular weight excluding hydrogens is 362 g/mol. The van der Waals surface area contributed by atoms with E-state index in [1.807, 2.05) is 0 Å². The van der Waals surface area contributed by atoms with E-state index in [1.54, 1.807) is 11.4 Å². The van der Waals surface area contributed by atoms with E-state index in [9.17, 15) is 18.4 Å². The van der Waals surface area contributed by atoms with Gasteiger partial charge in [-0.3, -0.25) is 14.6 Å². The molecule has 0 bridgehead atoms. The van der Waals surface area contributed by atoms with Crippen LogP contribution in [0.4, 0.5) is 14.5 Å². The highest BCUT2D eigenvalue weighted by Crippen LogP contribution is 2.23. The highest BCUT2D eigenvalue weighted by atomic mass is 32.1. The van der Waals surface area contributed by atoms with Crippen LogP contribution in [0.5, 0.6) is 0 Å². The van der Waals surface area contributed by atoms with Crippen LogP contribution in [0.1, 0.15) is 25.7 Å². The average molecular weight is 374 g/mol. The van der Waals surface area contributed by atoms with Gasteiger partial charge < -0.3 is 10.6 Å². The van der Waals surface area contributed by atoms with E-state index in [0.717, 1.165) is 29.5 Å². The summed E-state index contributed by atoms with van der Waals surface area (Å²) in [4.78, 5) is 32.4. The Morgan fingerprint density at radius 1 is 1.08 bits per heavy atom. The molecule has 2 amide bonds. The Labute approximate surface area is 150 Å². The molecule has 3 aromatic rings. The highest BCUT2D eigenvalue weighted by molar-refractivity contribution is 7.12. The molecule has 2 aromatic heterocycles. The standard InChI is InChI=1S/C17H12F2N4O2S/c18-11-5-10(6-12(19)7-11)8-22-17(25)15-13(1-4-26-15)23-16(24)14-9-20-2-3-21-14/h1-7,9H,8H2,(H,22,25)(H,23,24). The maximum atomic E-state index is 13.2. The SMILES string of the molecule is O=C(Nc1ccsc1C(=O)NCc1cc(F)cc(F)c1)c1cnccn1. The number of anilines is 1. The number of hydrogen-bond donors (Lipinski definition) is 2. The van der Waals surface area contributed by atoms with Crippen molar-refractivity contribution in [1.82, 2.24) is 15.3 Å². The Kier molecular flexibility index (Phi) is 5.28. The first kappa shape index (κ1) is 17.6. The number of halogens is 2. The second-order valence-electron chi connectivity index (χ2n) is 5.17. The van der Waals surface area contributed by atoms with Crippen LogP contribution in [-0.2, 0) is 6.54 Å². The summed E-state index contributed by atoms with van der Waals surface area (Å²) in [5.41, 5.74) is 0.714. The van der Waals surface area contributed by atoms with Crippen LogP contribution >= 0.6 is 11.3 Å². The van der Waals surface area contributed by atoms with Gasteiger partial charge in [-0.15, -0.1) is 11.3 Å². The van der Waals surface area contributed by atoms with Gasteiger partial charge in [0.15, 0.2) is 0 Å². The third kappa shape index (κ3) is 4.25. The van der Waals surface area contributed by atoms with Gasteiger partial charge in [-0.05, 0) is 29.1 Å². The smallest absolute Gasteiger partial charge is 0.275 e. The molecule has 2 heterocycles. The number of benzene rings is 1. The predicted molar refractivity (Wildman–Crippen MR) is 91.8 cm³/mol. The summed E-state index contributed by atoms with van der Waals surface area (Å²) in [5.74, 6) is -2.42. The summed E-state index contributed by atoms with van der Waals surface area (Å²) in [6.07, 6.45) is 4.13. The monoisotopic (exact) mass is 374 g/mol. The first-order valence-corrected chi connectivity index (χ1v) is 8.29. The Balaban J connectivity index is 1.67. The summed E-state index contributed by atoms with van der Waals surface area (Å²) in [6, 6.07) is 4.60. The Morgan fingerprint density at radius 3 is 2.54 bits per heavy atom. The third-order valence-corrected chi connectivity index (χ3v) is 4.20. The molecule has 132 valence electrons. The molecule has 0 atom stereocenters. The zero-order chi connectivity index (χ0) is 18.5. The molecule has 0 aliphatic rings. The number of nitrogens with zero attached hydrogens (tertiary/aromatic N) is 2. The fourth-order valence-electron chi connectivity index (χ4n) is 2.16. The van der Waals surface area contributed by atoms with Crippen molar-refractivity contribution in [2.24, 2.45) is 0 Å². The van der Waals surface area contributed by atoms with E-state index in [-0.39, 0.29) is 22.7 Å². The van der Waals surface area contributed by atoms with Crippen LogP contribution in [0.3, 0.4) is 0 Å². The molecule has 1 aromatic carbocycles. The molecule has 0 saturated heterocycles. The van der Waals surface area contributed by atoms with Gasteiger partial charge in [-0.25, -0.2) is 13.8 Å². The largest absolute Gasteiger partial charge is 0.347 e. The van der Waals surface area contributed by atoms with Crippen LogP contribution in [0.2, 0.25) is 0 Å². The molecular formula is C17H12F2N4O2S. The van der Waals surface area contributed by atoms with Gasteiger partial charge in [0.05, 0.1) is 11.9 Å². The molecule has 0 aliphatic heterocycles. The lowest BCUT2D eigenvalue weighted by atomic mass is 10.2. The van der Waals surface area contributed by atoms with Gasteiger partial charge in [0.1, 0.15) is 22.2 Å². The molecule has 0 fully saturated rings. The van der Waals surface area contributed by atoms with Crippen LogP contribution < -0.4 is 10.6 Å². The number of carbonyl (C=O) groups is 2. The van der Waals surface area contributed by atoms with Crippen molar-refractivity contribution in [3.63, 3.8) is 0 Å². The summed E-state index contributed by atoms with van der Waals surface area (Å²) >= 11 is 1.13. The maximum Gasteiger partial charge on any atom is 0.275 e. The van der Waals surface area contributed by atoms with Crippen molar-refractivity contribution in [1.29, 1.82) is 0 Å². The number of thiophene rings is 1. The quantitative estimate of drug-likeness (QED) is 0.719. The maximum absolute atomic E-state index is 13.2. The molecule has 0 spiro atoms. The third-order valence-electron chi connectivity index (χ3n) is 3.29. The Bertz CT molecular complexity index is 927. The van der Waals surface area contributed by atoms with E-state index < -0.39 is 23.4 Å². The van der Waals surface area contributed by atoms with Gasteiger partial charge in [0.25, 0.3) is 11.8 Å². The molecule has 26 heavy (non-hydrogen) atoms. The van der Waals surface area contributed by atoms with E-state index in [2.05, 4.69) is 20.6 Å². The number of hydrogen-bond acceptors (Lipinski definition) is 5. The fourth-order valence-corrected chi connectivity index (χ4v) is 2.93. The zero-order valence-corrected chi connectivity index (χ0v) is 14.0. The van der Waals surface area contributed by atoms with Crippen LogP contribution in [0.15, 0.2) is 48.2 Å². The van der Waals surface area contributed by atoms with Crippen molar-refractivity contribution in [2.45, 2.75) is 6.54 Å². The minimum atomic E-state index is -0.720. The molecule has 0 saturated carbocycles. The van der Waals surface area contributed by atoms with Crippen LogP contribution in [-0.4, -0.2) is 21.8 Å². The molecule has 3 rings (SSSR count). The van der Waals surface area contributed by atoms with Crippen molar-refractivity contribution >= 4 is 28.8 Å². The van der Waals surface area contributed by atoms with Crippen LogP contribution in [0.25, 0.3) is 0 Å². The van der Waals surface area contributed by atoms with E-state index in [0.29, 0.717) is 5.69 Å². The van der Waals surface area contributed by atoms with Gasteiger partial charge in [0.2, 0.25) is 0 Å². The minimum absolute atomic E-state index is 0.0526. The summed E-state index contributed by atoms with van der Waals surface area (Å²) in [6.45, 7) is -0.0526. The second kappa shape index (κ2) is 7.79. The summed E-state index contributed by atoms with van der Waals surface area (Å²) in [5, 5.41) is 6.80. The number of rotatable bonds is 5. The average Bonchev–Trinajstić information content (AvgIpc) is 3.08. The number of nitrogens with one attached hydrogen (secondary N) is 2. The summed E-state index contributed by atoms with van der Waals surface area (Å²) in [7, 11) is 0. The Hall–Kier alpha value is -3.20. The fraction of sp³-hybridized carbons (Fsp3) is 0.0588. The van der Waals surface area contributed by atoms with Gasteiger partial charge in [0, 0.05) is 25.0 Å². The number of carbonyl (C=O) groups excluding carboxylic acids is 2. The summed E-state index contributed by atoms with van der Waals surface area (Å²) < 4.78 is 26.4. The van der Waals surface area contributed by atoms with E-state index >= 15 is 0 Å². The predicted octanol–water partition coefficient (Wildman–Crippen LogP) is 3.00. The molecule has 9 heteroatoms. The molecule has 0 unspecified atom stereocenters. The molecule has 2 N–H and O–H groups in total. The van der Waals surface area contributed by atoms with E-state index in [4.69, 9.17) is 0 Å². The lowest BCUT2D eigenvalue weighted by molar-refractivity contribution is 0.0955. The molecule has 0 aliphatic carbocycles. The first-order chi connectivity index (χ1) is 12.5. The normalized spacial score (nSPS) is 10.4. The van der Waals surface area contributed by atoms with Crippen molar-refractivity contribution < 1.29 is 18.4 Å². The van der Waals surface area contributed by atoms with Gasteiger partial charge in [-0.1, -0.05) is 0 Å². The topological polar surface area (TPSA) is 84.0 Å². The zero-order valence-electron chi connectivity index (χ0n) is 13.2.